The number of anilines is 2. The number of ether oxygens (including phenoxy) is 1. The van der Waals surface area contributed by atoms with E-state index in [1.807, 2.05) is 50.2 Å². The Balaban J connectivity index is 1.68. The monoisotopic (exact) mass is 473 g/mol. The van der Waals surface area contributed by atoms with Crippen LogP contribution in [0.1, 0.15) is 22.9 Å². The van der Waals surface area contributed by atoms with Crippen molar-refractivity contribution >= 4 is 21.7 Å². The van der Waals surface area contributed by atoms with Crippen molar-refractivity contribution in [2.45, 2.75) is 24.8 Å². The molecular formula is C25H23N5O3S. The van der Waals surface area contributed by atoms with E-state index in [0.717, 1.165) is 22.4 Å². The highest BCUT2D eigenvalue weighted by molar-refractivity contribution is 7.92. The van der Waals surface area contributed by atoms with Gasteiger partial charge in [-0.3, -0.25) is 4.98 Å². The number of benzene rings is 2. The lowest BCUT2D eigenvalue weighted by atomic mass is 10.00. The van der Waals surface area contributed by atoms with Gasteiger partial charge in [0.05, 0.1) is 22.8 Å². The van der Waals surface area contributed by atoms with Gasteiger partial charge in [0.2, 0.25) is 11.8 Å². The molecule has 8 nitrogen and oxygen atoms in total. The van der Waals surface area contributed by atoms with Crippen molar-refractivity contribution in [3.05, 3.63) is 89.7 Å². The first kappa shape index (κ1) is 21.8. The van der Waals surface area contributed by atoms with Crippen LogP contribution in [0.2, 0.25) is 0 Å². The Morgan fingerprint density at radius 2 is 1.74 bits per heavy atom. The molecule has 172 valence electrons. The minimum absolute atomic E-state index is 0.0612. The van der Waals surface area contributed by atoms with Crippen molar-refractivity contribution in [3.63, 3.8) is 0 Å². The number of pyridine rings is 1. The minimum Gasteiger partial charge on any atom is -0.466 e. The van der Waals surface area contributed by atoms with Gasteiger partial charge in [0, 0.05) is 23.5 Å². The van der Waals surface area contributed by atoms with Crippen molar-refractivity contribution in [3.8, 4) is 17.1 Å². The van der Waals surface area contributed by atoms with Gasteiger partial charge in [-0.2, -0.15) is 4.98 Å². The molecule has 3 heterocycles. The first-order valence-electron chi connectivity index (χ1n) is 10.8. The molecule has 0 fully saturated rings. The molecule has 1 unspecified atom stereocenters. The summed E-state index contributed by atoms with van der Waals surface area (Å²) in [6.45, 7) is 4.32. The minimum atomic E-state index is -3.91. The number of rotatable bonds is 2. The second-order valence-corrected chi connectivity index (χ2v) is 9.74. The third-order valence-electron chi connectivity index (χ3n) is 5.58. The molecule has 0 spiro atoms. The van der Waals surface area contributed by atoms with Crippen LogP contribution in [0.5, 0.6) is 5.88 Å². The Hall–Kier alpha value is -3.98. The molecule has 34 heavy (non-hydrogen) atoms. The Kier molecular flexibility index (Phi) is 5.62. The van der Waals surface area contributed by atoms with E-state index >= 15 is 0 Å². The molecule has 1 aliphatic rings. The molecule has 1 aliphatic heterocycles. The van der Waals surface area contributed by atoms with E-state index in [9.17, 15) is 8.42 Å². The highest BCUT2D eigenvalue weighted by Crippen LogP contribution is 2.31. The van der Waals surface area contributed by atoms with Gasteiger partial charge in [0.15, 0.2) is 6.10 Å². The van der Waals surface area contributed by atoms with Crippen molar-refractivity contribution in [2.24, 2.45) is 0 Å². The van der Waals surface area contributed by atoms with E-state index in [2.05, 4.69) is 25.0 Å². The fourth-order valence-electron chi connectivity index (χ4n) is 3.96. The fourth-order valence-corrected chi connectivity index (χ4v) is 4.95. The largest absolute Gasteiger partial charge is 0.466 e. The molecule has 0 saturated carbocycles. The number of sulfonamides is 1. The van der Waals surface area contributed by atoms with Crippen LogP contribution in [-0.4, -0.2) is 29.9 Å². The van der Waals surface area contributed by atoms with E-state index in [1.54, 1.807) is 30.5 Å². The standard InChI is InChI=1S/C25H23N5O3S/c1-16-7-5-8-17(2)24(16)21-14-23-29-25(28-21)30-34(31,32)19-10-6-9-18(13-19)27-15-22(33-23)20-11-3-4-12-26-20/h3-14,22,27H,15H2,1-2H3,(H,28,29,30). The van der Waals surface area contributed by atoms with E-state index in [-0.39, 0.29) is 16.7 Å². The highest BCUT2D eigenvalue weighted by Gasteiger charge is 2.23. The molecule has 2 aromatic heterocycles. The van der Waals surface area contributed by atoms with Gasteiger partial charge >= 0.3 is 0 Å². The molecular weight excluding hydrogens is 450 g/mol. The van der Waals surface area contributed by atoms with E-state index in [4.69, 9.17) is 4.74 Å². The van der Waals surface area contributed by atoms with E-state index in [0.29, 0.717) is 17.9 Å². The van der Waals surface area contributed by atoms with Crippen LogP contribution < -0.4 is 14.8 Å². The van der Waals surface area contributed by atoms with Crippen molar-refractivity contribution in [1.82, 2.24) is 15.0 Å². The Morgan fingerprint density at radius 3 is 2.50 bits per heavy atom. The second-order valence-electron chi connectivity index (χ2n) is 8.06. The lowest BCUT2D eigenvalue weighted by Crippen LogP contribution is -2.22. The van der Waals surface area contributed by atoms with Gasteiger partial charge in [-0.25, -0.2) is 18.1 Å². The molecule has 0 aliphatic carbocycles. The Morgan fingerprint density at radius 1 is 0.941 bits per heavy atom. The fraction of sp³-hybridized carbons (Fsp3) is 0.160. The third kappa shape index (κ3) is 4.42. The quantitative estimate of drug-likeness (QED) is 0.441. The van der Waals surface area contributed by atoms with Crippen LogP contribution in [0.3, 0.4) is 0 Å². The molecule has 4 bridgehead atoms. The maximum absolute atomic E-state index is 13.1. The topological polar surface area (TPSA) is 106 Å². The molecule has 0 radical (unpaired) electrons. The molecule has 9 heteroatoms. The molecule has 5 rings (SSSR count). The van der Waals surface area contributed by atoms with Crippen LogP contribution in [-0.2, 0) is 10.0 Å². The molecule has 4 aromatic rings. The predicted octanol–water partition coefficient (Wildman–Crippen LogP) is 4.50. The van der Waals surface area contributed by atoms with Crippen LogP contribution in [0.4, 0.5) is 11.6 Å². The summed E-state index contributed by atoms with van der Waals surface area (Å²) >= 11 is 0. The zero-order chi connectivity index (χ0) is 23.7. The Labute approximate surface area is 198 Å². The average Bonchev–Trinajstić information content (AvgIpc) is 2.81. The zero-order valence-electron chi connectivity index (χ0n) is 18.7. The summed E-state index contributed by atoms with van der Waals surface area (Å²) < 4.78 is 35.0. The van der Waals surface area contributed by atoms with Gasteiger partial charge in [-0.1, -0.05) is 30.3 Å². The first-order chi connectivity index (χ1) is 16.4. The smallest absolute Gasteiger partial charge is 0.264 e. The zero-order valence-corrected chi connectivity index (χ0v) is 19.5. The van der Waals surface area contributed by atoms with E-state index < -0.39 is 16.1 Å². The summed E-state index contributed by atoms with van der Waals surface area (Å²) in [4.78, 5) is 13.5. The van der Waals surface area contributed by atoms with Gasteiger partial charge in [-0.05, 0) is 55.3 Å². The molecule has 1 atom stereocenters. The van der Waals surface area contributed by atoms with Gasteiger partial charge in [-0.15, -0.1) is 0 Å². The summed E-state index contributed by atoms with van der Waals surface area (Å²) in [7, 11) is -3.91. The summed E-state index contributed by atoms with van der Waals surface area (Å²) in [5, 5.41) is 3.26. The number of hydrogen-bond donors (Lipinski definition) is 2. The maximum Gasteiger partial charge on any atom is 0.264 e. The predicted molar refractivity (Wildman–Crippen MR) is 130 cm³/mol. The summed E-state index contributed by atoms with van der Waals surface area (Å²) in [5.41, 5.74) is 4.85. The average molecular weight is 474 g/mol. The first-order valence-corrected chi connectivity index (χ1v) is 12.3. The lowest BCUT2D eigenvalue weighted by Gasteiger charge is -2.21. The maximum atomic E-state index is 13.1. The van der Waals surface area contributed by atoms with Crippen molar-refractivity contribution in [2.75, 3.05) is 16.6 Å². The van der Waals surface area contributed by atoms with Crippen molar-refractivity contribution in [1.29, 1.82) is 0 Å². The SMILES string of the molecule is Cc1cccc(C)c1-c1cc2nc(n1)NS(=O)(=O)c1cccc(c1)NCC(c1ccccn1)O2. The Bertz CT molecular complexity index is 1440. The number of nitrogens with zero attached hydrogens (tertiary/aromatic N) is 3. The third-order valence-corrected chi connectivity index (χ3v) is 6.91. The van der Waals surface area contributed by atoms with Gasteiger partial charge < -0.3 is 10.1 Å². The lowest BCUT2D eigenvalue weighted by molar-refractivity contribution is 0.205. The van der Waals surface area contributed by atoms with Crippen molar-refractivity contribution < 1.29 is 13.2 Å². The molecule has 2 aromatic carbocycles. The number of aromatic nitrogens is 3. The van der Waals surface area contributed by atoms with Gasteiger partial charge in [0.25, 0.3) is 10.0 Å². The molecule has 0 amide bonds. The van der Waals surface area contributed by atoms with Crippen LogP contribution >= 0.6 is 0 Å². The highest BCUT2D eigenvalue weighted by atomic mass is 32.2. The molecule has 0 saturated heterocycles. The number of nitrogens with one attached hydrogen (secondary N) is 2. The summed E-state index contributed by atoms with van der Waals surface area (Å²) in [5.74, 6) is 0.181. The van der Waals surface area contributed by atoms with E-state index in [1.165, 1.54) is 6.07 Å². The number of fused-ring (bicyclic) bond motifs is 4. The summed E-state index contributed by atoms with van der Waals surface area (Å²) in [6, 6.07) is 19.9. The number of hydrogen-bond acceptors (Lipinski definition) is 7. The summed E-state index contributed by atoms with van der Waals surface area (Å²) in [6.07, 6.45) is 1.23. The van der Waals surface area contributed by atoms with Crippen LogP contribution in [0.15, 0.2) is 77.8 Å². The van der Waals surface area contributed by atoms with Gasteiger partial charge in [0.1, 0.15) is 0 Å². The van der Waals surface area contributed by atoms with Crippen LogP contribution in [0, 0.1) is 13.8 Å². The normalized spacial score (nSPS) is 16.7. The molecule has 2 N–H and O–H groups in total. The van der Waals surface area contributed by atoms with Crippen LogP contribution in [0.25, 0.3) is 11.3 Å². The number of aryl methyl sites for hydroxylation is 2. The second kappa shape index (κ2) is 8.75.